The number of nitrogen functional groups attached to an aromatic ring is 2. The first kappa shape index (κ1) is 20.7. The summed E-state index contributed by atoms with van der Waals surface area (Å²) in [4.78, 5) is 14.2. The van der Waals surface area contributed by atoms with Crippen molar-refractivity contribution in [3.05, 3.63) is 60.7 Å². The Morgan fingerprint density at radius 1 is 0.650 bits per heavy atom. The van der Waals surface area contributed by atoms with E-state index in [4.69, 9.17) is 30.4 Å². The highest BCUT2D eigenvalue weighted by Crippen LogP contribution is 1.96. The number of para-hydroxylation sites is 2. The van der Waals surface area contributed by atoms with E-state index in [1.807, 2.05) is 60.7 Å². The fraction of sp³-hybridized carbons (Fsp3) is 0. The van der Waals surface area contributed by atoms with E-state index in [2.05, 4.69) is 0 Å². The summed E-state index contributed by atoms with van der Waals surface area (Å²) in [5, 5.41) is 0. The summed E-state index contributed by atoms with van der Waals surface area (Å²) < 4.78 is 17.1. The van der Waals surface area contributed by atoms with E-state index in [0.717, 1.165) is 11.4 Å². The normalized spacial score (nSPS) is 8.90. The van der Waals surface area contributed by atoms with Crippen LogP contribution in [0.5, 0.6) is 0 Å². The zero-order valence-electron chi connectivity index (χ0n) is 10.8. The fourth-order valence-electron chi connectivity index (χ4n) is 0.906. The quantitative estimate of drug-likeness (QED) is 0.433. The van der Waals surface area contributed by atoms with Crippen molar-refractivity contribution in [1.29, 1.82) is 0 Å². The van der Waals surface area contributed by atoms with Gasteiger partial charge in [0.1, 0.15) is 0 Å². The maximum atomic E-state index is 8.57. The van der Waals surface area contributed by atoms with Gasteiger partial charge in [-0.05, 0) is 24.3 Å². The minimum atomic E-state index is -1.50. The third-order valence-corrected chi connectivity index (χ3v) is 1.60. The van der Waals surface area contributed by atoms with Crippen molar-refractivity contribution in [1.82, 2.24) is 0 Å². The summed E-state index contributed by atoms with van der Waals surface area (Å²) in [7, 11) is -3.00. The van der Waals surface area contributed by atoms with Gasteiger partial charge in [0, 0.05) is 11.4 Å². The monoisotopic (exact) mass is 318 g/mol. The number of anilines is 2. The zero-order chi connectivity index (χ0) is 15.6. The van der Waals surface area contributed by atoms with E-state index in [9.17, 15) is 0 Å². The van der Waals surface area contributed by atoms with E-state index in [1.54, 1.807) is 0 Å². The van der Waals surface area contributed by atoms with E-state index >= 15 is 0 Å². The SMILES string of the molecule is Nc1ccccc1.Nc1ccccc1.O=[PH2]O.O=[PH2]O. The summed E-state index contributed by atoms with van der Waals surface area (Å²) in [5.41, 5.74) is 12.4. The summed E-state index contributed by atoms with van der Waals surface area (Å²) in [6.45, 7) is 0. The second kappa shape index (κ2) is 17.4. The van der Waals surface area contributed by atoms with Crippen LogP contribution in [-0.2, 0) is 9.13 Å². The van der Waals surface area contributed by atoms with Crippen LogP contribution in [0.15, 0.2) is 60.7 Å². The lowest BCUT2D eigenvalue weighted by Crippen LogP contribution is -1.79. The van der Waals surface area contributed by atoms with Gasteiger partial charge >= 0.3 is 0 Å². The van der Waals surface area contributed by atoms with Crippen LogP contribution in [0.25, 0.3) is 0 Å². The molecule has 0 aliphatic carbocycles. The molecular weight excluding hydrogens is 298 g/mol. The van der Waals surface area contributed by atoms with Crippen LogP contribution >= 0.6 is 17.4 Å². The molecule has 0 fully saturated rings. The van der Waals surface area contributed by atoms with Gasteiger partial charge < -0.3 is 21.3 Å². The first-order valence-corrected chi connectivity index (χ1v) is 7.36. The predicted molar refractivity (Wildman–Crippen MR) is 86.9 cm³/mol. The van der Waals surface area contributed by atoms with Gasteiger partial charge in [0.15, 0.2) is 17.4 Å². The Labute approximate surface area is 120 Å². The third kappa shape index (κ3) is 18.8. The first-order chi connectivity index (χ1) is 9.62. The highest BCUT2D eigenvalue weighted by Gasteiger charge is 1.72. The number of hydrogen-bond acceptors (Lipinski definition) is 4. The van der Waals surface area contributed by atoms with Crippen LogP contribution in [0, 0.1) is 0 Å². The fourth-order valence-corrected chi connectivity index (χ4v) is 0.906. The Balaban J connectivity index is 0. The first-order valence-electron chi connectivity index (χ1n) is 5.39. The maximum absolute atomic E-state index is 8.57. The standard InChI is InChI=1S/2C6H7N.2H3O2P/c2*7-6-4-2-1-3-5-6;2*1-3-2/h2*1-5H,7H2;2*3H2,(H,1,2). The molecule has 8 heteroatoms. The zero-order valence-corrected chi connectivity index (χ0v) is 13.1. The third-order valence-electron chi connectivity index (χ3n) is 1.60. The van der Waals surface area contributed by atoms with Crippen LogP contribution < -0.4 is 11.5 Å². The van der Waals surface area contributed by atoms with Gasteiger partial charge in [-0.25, -0.2) is 0 Å². The molecule has 0 amide bonds. The van der Waals surface area contributed by atoms with E-state index in [-0.39, 0.29) is 0 Å². The molecule has 6 N–H and O–H groups in total. The Morgan fingerprint density at radius 2 is 0.850 bits per heavy atom. The van der Waals surface area contributed by atoms with E-state index in [1.165, 1.54) is 0 Å². The Hall–Kier alpha value is -1.58. The molecule has 6 nitrogen and oxygen atoms in total. The van der Waals surface area contributed by atoms with Crippen LogP contribution in [0.4, 0.5) is 11.4 Å². The minimum Gasteiger partial charge on any atom is -0.399 e. The van der Waals surface area contributed by atoms with Crippen LogP contribution in [0.3, 0.4) is 0 Å². The van der Waals surface area contributed by atoms with Crippen molar-refractivity contribution >= 4 is 28.7 Å². The maximum Gasteiger partial charge on any atom is 0.177 e. The summed E-state index contributed by atoms with van der Waals surface area (Å²) in [6.07, 6.45) is 0. The summed E-state index contributed by atoms with van der Waals surface area (Å²) >= 11 is 0. The average molecular weight is 318 g/mol. The second-order valence-electron chi connectivity index (χ2n) is 3.03. The smallest absolute Gasteiger partial charge is 0.177 e. The number of benzene rings is 2. The summed E-state index contributed by atoms with van der Waals surface area (Å²) in [6, 6.07) is 19.0. The molecule has 2 atom stereocenters. The molecule has 0 aliphatic heterocycles. The molecule has 2 aromatic rings. The number of rotatable bonds is 0. The van der Waals surface area contributed by atoms with Gasteiger partial charge in [0.05, 0.1) is 0 Å². The molecule has 0 radical (unpaired) electrons. The van der Waals surface area contributed by atoms with Crippen molar-refractivity contribution in [2.45, 2.75) is 0 Å². The lowest BCUT2D eigenvalue weighted by atomic mass is 10.3. The molecule has 112 valence electrons. The van der Waals surface area contributed by atoms with Gasteiger partial charge in [-0.2, -0.15) is 0 Å². The highest BCUT2D eigenvalue weighted by molar-refractivity contribution is 7.16. The topological polar surface area (TPSA) is 127 Å². The lowest BCUT2D eigenvalue weighted by Gasteiger charge is -1.83. The molecule has 0 aliphatic rings. The molecule has 0 aromatic heterocycles. The van der Waals surface area contributed by atoms with E-state index in [0.29, 0.717) is 0 Å². The van der Waals surface area contributed by atoms with Crippen LogP contribution in [0.2, 0.25) is 0 Å². The molecule has 2 aromatic carbocycles. The van der Waals surface area contributed by atoms with Gasteiger partial charge in [0.2, 0.25) is 0 Å². The number of nitrogens with two attached hydrogens (primary N) is 2. The van der Waals surface area contributed by atoms with Crippen molar-refractivity contribution < 1.29 is 18.9 Å². The molecule has 0 spiro atoms. The molecule has 0 saturated heterocycles. The van der Waals surface area contributed by atoms with Crippen molar-refractivity contribution in [2.75, 3.05) is 11.5 Å². The average Bonchev–Trinajstić information content (AvgIpc) is 2.43. The van der Waals surface area contributed by atoms with Gasteiger partial charge in [0.25, 0.3) is 0 Å². The van der Waals surface area contributed by atoms with Crippen molar-refractivity contribution in [3.8, 4) is 0 Å². The lowest BCUT2D eigenvalue weighted by molar-refractivity contribution is 0.523. The van der Waals surface area contributed by atoms with Gasteiger partial charge in [-0.3, -0.25) is 9.13 Å². The summed E-state index contributed by atoms with van der Waals surface area (Å²) in [5.74, 6) is 0. The van der Waals surface area contributed by atoms with Crippen molar-refractivity contribution in [2.24, 2.45) is 0 Å². The molecule has 20 heavy (non-hydrogen) atoms. The molecule has 2 rings (SSSR count). The Bertz CT molecular complexity index is 400. The van der Waals surface area contributed by atoms with Crippen molar-refractivity contribution in [3.63, 3.8) is 0 Å². The minimum absolute atomic E-state index is 0.822. The second-order valence-corrected chi connectivity index (χ2v) is 3.45. The van der Waals surface area contributed by atoms with E-state index < -0.39 is 17.4 Å². The molecule has 2 unspecified atom stereocenters. The Morgan fingerprint density at radius 3 is 0.950 bits per heavy atom. The number of hydrogen-bond donors (Lipinski definition) is 4. The molecular formula is C12H20N2O4P2. The highest BCUT2D eigenvalue weighted by atomic mass is 31.1. The van der Waals surface area contributed by atoms with Crippen LogP contribution in [-0.4, -0.2) is 9.79 Å². The molecule has 0 saturated carbocycles. The van der Waals surface area contributed by atoms with Gasteiger partial charge in [-0.1, -0.05) is 36.4 Å². The van der Waals surface area contributed by atoms with Crippen LogP contribution in [0.1, 0.15) is 0 Å². The predicted octanol–water partition coefficient (Wildman–Crippen LogP) is 1.84. The van der Waals surface area contributed by atoms with Gasteiger partial charge in [-0.15, -0.1) is 0 Å². The molecule has 0 bridgehead atoms. The Kier molecular flexibility index (Phi) is 18.1. The largest absolute Gasteiger partial charge is 0.399 e. The molecule has 0 heterocycles.